The molecule has 2 heterocycles. The van der Waals surface area contributed by atoms with Gasteiger partial charge in [-0.3, -0.25) is 4.79 Å². The van der Waals surface area contributed by atoms with E-state index in [2.05, 4.69) is 35.7 Å². The molecule has 0 saturated heterocycles. The maximum absolute atomic E-state index is 12.4. The van der Waals surface area contributed by atoms with Gasteiger partial charge in [0.05, 0.1) is 23.4 Å². The lowest BCUT2D eigenvalue weighted by atomic mass is 10.0. The minimum atomic E-state index is -0.0743. The van der Waals surface area contributed by atoms with Crippen molar-refractivity contribution >= 4 is 22.2 Å². The number of anilines is 1. The van der Waals surface area contributed by atoms with Crippen LogP contribution in [0, 0.1) is 11.3 Å². The van der Waals surface area contributed by atoms with Crippen LogP contribution in [0.15, 0.2) is 60.7 Å². The minimum absolute atomic E-state index is 0.0743. The summed E-state index contributed by atoms with van der Waals surface area (Å²) in [7, 11) is 0. The quantitative estimate of drug-likeness (QED) is 0.706. The summed E-state index contributed by atoms with van der Waals surface area (Å²) in [6.45, 7) is 2.89. The van der Waals surface area contributed by atoms with Gasteiger partial charge in [-0.25, -0.2) is 0 Å². The molecule has 1 aliphatic heterocycles. The predicted octanol–water partition coefficient (Wildman–Crippen LogP) is 2.94. The molecular weight excluding hydrogens is 366 g/mol. The first-order chi connectivity index (χ1) is 13.7. The lowest BCUT2D eigenvalue weighted by Crippen LogP contribution is -3.10. The largest absolute Gasteiger partial charge is 0.326 e. The highest BCUT2D eigenvalue weighted by Gasteiger charge is 2.27. The molecule has 1 unspecified atom stereocenters. The van der Waals surface area contributed by atoms with Crippen LogP contribution >= 0.6 is 11.3 Å². The molecule has 0 fully saturated rings. The molecule has 2 N–H and O–H groups in total. The summed E-state index contributed by atoms with van der Waals surface area (Å²) in [5.41, 5.74) is 4.08. The molecule has 4 rings (SSSR count). The van der Waals surface area contributed by atoms with Gasteiger partial charge in [0.15, 0.2) is 0 Å². The van der Waals surface area contributed by atoms with Gasteiger partial charge in [-0.1, -0.05) is 60.7 Å². The highest BCUT2D eigenvalue weighted by Crippen LogP contribution is 2.34. The van der Waals surface area contributed by atoms with Gasteiger partial charge in [0.2, 0.25) is 5.91 Å². The average Bonchev–Trinajstić information content (AvgIpc) is 3.05. The first-order valence-electron chi connectivity index (χ1n) is 9.49. The monoisotopic (exact) mass is 388 g/mol. The molecule has 1 aliphatic rings. The molecule has 140 valence electrons. The van der Waals surface area contributed by atoms with E-state index in [1.54, 1.807) is 11.3 Å². The molecule has 0 radical (unpaired) electrons. The maximum Gasteiger partial charge on any atom is 0.229 e. The zero-order valence-corrected chi connectivity index (χ0v) is 16.4. The Morgan fingerprint density at radius 2 is 1.75 bits per heavy atom. The van der Waals surface area contributed by atoms with Crippen LogP contribution in [0.4, 0.5) is 5.00 Å². The topological polar surface area (TPSA) is 57.3 Å². The first kappa shape index (κ1) is 18.4. The number of fused-ring (bicyclic) bond motifs is 1. The van der Waals surface area contributed by atoms with Crippen LogP contribution < -0.4 is 10.2 Å². The number of hydrogen-bond donors (Lipinski definition) is 2. The zero-order chi connectivity index (χ0) is 19.3. The van der Waals surface area contributed by atoms with Gasteiger partial charge in [-0.2, -0.15) is 5.26 Å². The number of carbonyl (C=O) groups excluding carboxylic acids is 1. The molecule has 1 aromatic heterocycles. The summed E-state index contributed by atoms with van der Waals surface area (Å²) >= 11 is 1.56. The van der Waals surface area contributed by atoms with Crippen molar-refractivity contribution in [2.45, 2.75) is 25.9 Å². The van der Waals surface area contributed by atoms with Crippen molar-refractivity contribution in [3.63, 3.8) is 0 Å². The van der Waals surface area contributed by atoms with Crippen LogP contribution in [0.1, 0.15) is 27.1 Å². The van der Waals surface area contributed by atoms with Gasteiger partial charge in [-0.15, -0.1) is 11.3 Å². The van der Waals surface area contributed by atoms with Gasteiger partial charge in [0, 0.05) is 12.0 Å². The molecule has 1 amide bonds. The Morgan fingerprint density at radius 3 is 2.43 bits per heavy atom. The van der Waals surface area contributed by atoms with Gasteiger partial charge < -0.3 is 10.2 Å². The van der Waals surface area contributed by atoms with Gasteiger partial charge >= 0.3 is 0 Å². The molecular formula is C23H22N3OS+. The van der Waals surface area contributed by atoms with Crippen LogP contribution in [-0.2, 0) is 30.7 Å². The van der Waals surface area contributed by atoms with Crippen molar-refractivity contribution in [3.05, 3.63) is 87.8 Å². The van der Waals surface area contributed by atoms with E-state index in [0.717, 1.165) is 37.2 Å². The van der Waals surface area contributed by atoms with Crippen molar-refractivity contribution in [1.82, 2.24) is 0 Å². The number of thiophene rings is 1. The number of quaternary nitrogens is 1. The van der Waals surface area contributed by atoms with E-state index in [0.29, 0.717) is 17.0 Å². The number of amides is 1. The van der Waals surface area contributed by atoms with E-state index in [1.165, 1.54) is 15.3 Å². The Bertz CT molecular complexity index is 1010. The second kappa shape index (κ2) is 8.39. The minimum Gasteiger partial charge on any atom is -0.326 e. The van der Waals surface area contributed by atoms with E-state index < -0.39 is 0 Å². The Morgan fingerprint density at radius 1 is 1.07 bits per heavy atom. The van der Waals surface area contributed by atoms with Crippen molar-refractivity contribution in [1.29, 1.82) is 5.26 Å². The second-order valence-electron chi connectivity index (χ2n) is 7.12. The smallest absolute Gasteiger partial charge is 0.229 e. The van der Waals surface area contributed by atoms with Crippen molar-refractivity contribution in [2.75, 3.05) is 11.9 Å². The third-order valence-corrected chi connectivity index (χ3v) is 6.25. The molecule has 4 nitrogen and oxygen atoms in total. The third-order valence-electron chi connectivity index (χ3n) is 5.10. The molecule has 0 saturated carbocycles. The number of nitrogens with one attached hydrogen (secondary N) is 2. The zero-order valence-electron chi connectivity index (χ0n) is 15.6. The van der Waals surface area contributed by atoms with Crippen LogP contribution in [0.3, 0.4) is 0 Å². The summed E-state index contributed by atoms with van der Waals surface area (Å²) in [6.07, 6.45) is 1.20. The fourth-order valence-corrected chi connectivity index (χ4v) is 5.02. The van der Waals surface area contributed by atoms with Crippen LogP contribution in [-0.4, -0.2) is 12.5 Å². The Kier molecular flexibility index (Phi) is 5.52. The number of nitrogens with zero attached hydrogens (tertiary/aromatic N) is 1. The number of benzene rings is 2. The average molecular weight is 389 g/mol. The molecule has 28 heavy (non-hydrogen) atoms. The number of hydrogen-bond acceptors (Lipinski definition) is 3. The summed E-state index contributed by atoms with van der Waals surface area (Å²) in [5, 5.41) is 13.3. The lowest BCUT2D eigenvalue weighted by molar-refractivity contribution is -0.929. The second-order valence-corrected chi connectivity index (χ2v) is 8.22. The SMILES string of the molecule is N#Cc1c(NC(=O)Cc2ccccc2)sc2c1CC[NH+](Cc1ccccc1)C2. The van der Waals surface area contributed by atoms with E-state index >= 15 is 0 Å². The normalized spacial score (nSPS) is 15.5. The van der Waals surface area contributed by atoms with E-state index in [-0.39, 0.29) is 5.91 Å². The summed E-state index contributed by atoms with van der Waals surface area (Å²) in [4.78, 5) is 15.2. The first-order valence-corrected chi connectivity index (χ1v) is 10.3. The van der Waals surface area contributed by atoms with Gasteiger partial charge in [-0.05, 0) is 11.1 Å². The molecule has 0 bridgehead atoms. The molecule has 2 aromatic carbocycles. The Balaban J connectivity index is 1.47. The van der Waals surface area contributed by atoms with E-state index in [4.69, 9.17) is 0 Å². The molecule has 5 heteroatoms. The molecule has 3 aromatic rings. The molecule has 0 spiro atoms. The fraction of sp³-hybridized carbons (Fsp3) is 0.217. The standard InChI is InChI=1S/C23H21N3OS/c24-14-20-19-11-12-26(15-18-9-5-2-6-10-18)16-21(19)28-23(20)25-22(27)13-17-7-3-1-4-8-17/h1-10H,11-13,15-16H2,(H,25,27)/p+1. The summed E-state index contributed by atoms with van der Waals surface area (Å²) in [5.74, 6) is -0.0743. The number of rotatable bonds is 5. The summed E-state index contributed by atoms with van der Waals surface area (Å²) < 4.78 is 0. The number of nitriles is 1. The summed E-state index contributed by atoms with van der Waals surface area (Å²) in [6, 6.07) is 22.5. The van der Waals surface area contributed by atoms with E-state index in [1.807, 2.05) is 36.4 Å². The molecule has 0 aliphatic carbocycles. The van der Waals surface area contributed by atoms with E-state index in [9.17, 15) is 10.1 Å². The molecule has 1 atom stereocenters. The Labute approximate surface area is 169 Å². The third kappa shape index (κ3) is 4.14. The number of carbonyl (C=O) groups is 1. The van der Waals surface area contributed by atoms with Crippen molar-refractivity contribution in [3.8, 4) is 6.07 Å². The highest BCUT2D eigenvalue weighted by molar-refractivity contribution is 7.16. The van der Waals surface area contributed by atoms with Crippen LogP contribution in [0.2, 0.25) is 0 Å². The van der Waals surface area contributed by atoms with Crippen LogP contribution in [0.5, 0.6) is 0 Å². The Hall–Kier alpha value is -2.94. The highest BCUT2D eigenvalue weighted by atomic mass is 32.1. The van der Waals surface area contributed by atoms with Crippen molar-refractivity contribution in [2.24, 2.45) is 0 Å². The van der Waals surface area contributed by atoms with Crippen LogP contribution in [0.25, 0.3) is 0 Å². The lowest BCUT2D eigenvalue weighted by Gasteiger charge is -2.23. The predicted molar refractivity (Wildman–Crippen MR) is 111 cm³/mol. The maximum atomic E-state index is 12.4. The van der Waals surface area contributed by atoms with Gasteiger partial charge in [0.25, 0.3) is 0 Å². The van der Waals surface area contributed by atoms with Gasteiger partial charge in [0.1, 0.15) is 24.2 Å². The fourth-order valence-electron chi connectivity index (χ4n) is 3.73. The van der Waals surface area contributed by atoms with Crippen molar-refractivity contribution < 1.29 is 9.69 Å².